The lowest BCUT2D eigenvalue weighted by molar-refractivity contribution is 0.434. The third-order valence-electron chi connectivity index (χ3n) is 1.17. The molecule has 50 valence electrons. The Hall–Kier alpha value is -1.32. The van der Waals surface area contributed by atoms with Gasteiger partial charge in [-0.3, -0.25) is 0 Å². The van der Waals surface area contributed by atoms with Crippen molar-refractivity contribution in [2.45, 2.75) is 0 Å². The summed E-state index contributed by atoms with van der Waals surface area (Å²) in [7, 11) is 1.59. The van der Waals surface area contributed by atoms with Crippen LogP contribution in [0, 0.1) is 0 Å². The van der Waals surface area contributed by atoms with Crippen molar-refractivity contribution in [2.75, 3.05) is 5.73 Å². The van der Waals surface area contributed by atoms with E-state index < -0.39 is 0 Å². The normalized spacial score (nSPS) is 9.89. The lowest BCUT2D eigenvalue weighted by atomic mass is 10.5. The van der Waals surface area contributed by atoms with Crippen LogP contribution in [-0.4, -0.2) is 14.8 Å². The minimum absolute atomic E-state index is 0.0255. The Bertz CT molecular complexity index is 207. The molecule has 0 radical (unpaired) electrons. The van der Waals surface area contributed by atoms with Crippen LogP contribution in [0.3, 0.4) is 0 Å². The molecule has 0 atom stereocenters. The molecule has 0 aliphatic rings. The molecule has 0 aliphatic carbocycles. The molecule has 1 aromatic rings. The Labute approximate surface area is 52.1 Å². The molecule has 0 saturated carbocycles. The first-order valence-corrected chi connectivity index (χ1v) is 2.45. The van der Waals surface area contributed by atoms with Crippen LogP contribution in [0.15, 0.2) is 6.20 Å². The molecule has 0 unspecified atom stereocenters. The topological polar surface area (TPSA) is 71.4 Å². The lowest BCUT2D eigenvalue weighted by Gasteiger charge is -1.91. The second-order valence-electron chi connectivity index (χ2n) is 1.86. The summed E-state index contributed by atoms with van der Waals surface area (Å²) in [6.07, 6.45) is 1.34. The molecule has 4 heteroatoms. The van der Waals surface area contributed by atoms with E-state index in [4.69, 9.17) is 15.9 Å². The monoisotopic (exact) mass is 128 g/mol. The van der Waals surface area contributed by atoms with E-state index in [2.05, 4.69) is 0 Å². The van der Waals surface area contributed by atoms with E-state index in [1.54, 1.807) is 7.05 Å². The van der Waals surface area contributed by atoms with E-state index >= 15 is 0 Å². The van der Waals surface area contributed by atoms with Gasteiger partial charge in [0.15, 0.2) is 5.75 Å². The maximum absolute atomic E-state index is 8.91. The van der Waals surface area contributed by atoms with E-state index in [9.17, 15) is 0 Å². The van der Waals surface area contributed by atoms with E-state index in [-0.39, 0.29) is 17.3 Å². The van der Waals surface area contributed by atoms with Crippen LogP contribution in [0.2, 0.25) is 0 Å². The van der Waals surface area contributed by atoms with Crippen molar-refractivity contribution >= 4 is 5.69 Å². The largest absolute Gasteiger partial charge is 0.504 e. The third kappa shape index (κ3) is 0.679. The van der Waals surface area contributed by atoms with E-state index in [0.29, 0.717) is 0 Å². The number of aromatic hydroxyl groups is 2. The van der Waals surface area contributed by atoms with Crippen molar-refractivity contribution in [3.8, 4) is 11.6 Å². The molecule has 0 saturated heterocycles. The van der Waals surface area contributed by atoms with Gasteiger partial charge in [0, 0.05) is 7.05 Å². The highest BCUT2D eigenvalue weighted by atomic mass is 16.3. The summed E-state index contributed by atoms with van der Waals surface area (Å²) in [4.78, 5) is 0. The smallest absolute Gasteiger partial charge is 0.218 e. The maximum atomic E-state index is 8.91. The van der Waals surface area contributed by atoms with Crippen LogP contribution in [0.1, 0.15) is 0 Å². The Kier molecular flexibility index (Phi) is 1.02. The predicted octanol–water partition coefficient (Wildman–Crippen LogP) is 0.0185. The fourth-order valence-corrected chi connectivity index (χ4v) is 0.619. The van der Waals surface area contributed by atoms with Gasteiger partial charge in [-0.2, -0.15) is 0 Å². The first-order chi connectivity index (χ1) is 4.13. The number of hydrogen-bond donors (Lipinski definition) is 3. The quantitative estimate of drug-likeness (QED) is 0.461. The van der Waals surface area contributed by atoms with Crippen molar-refractivity contribution in [3.05, 3.63) is 6.20 Å². The number of aryl methyl sites for hydroxylation is 1. The van der Waals surface area contributed by atoms with Gasteiger partial charge in [-0.15, -0.1) is 0 Å². The fourth-order valence-electron chi connectivity index (χ4n) is 0.619. The number of nitrogen functional groups attached to an aromatic ring is 1. The van der Waals surface area contributed by atoms with Gasteiger partial charge in [-0.05, 0) is 0 Å². The van der Waals surface area contributed by atoms with E-state index in [0.717, 1.165) is 0 Å². The first-order valence-electron chi connectivity index (χ1n) is 2.45. The Morgan fingerprint density at radius 2 is 2.11 bits per heavy atom. The van der Waals surface area contributed by atoms with Gasteiger partial charge < -0.3 is 20.5 Å². The average Bonchev–Trinajstić information content (AvgIpc) is 1.98. The molecule has 4 N–H and O–H groups in total. The molecule has 0 amide bonds. The Morgan fingerprint density at radius 3 is 2.22 bits per heavy atom. The number of aromatic nitrogens is 1. The molecule has 0 aromatic carbocycles. The molecule has 1 rings (SSSR count). The standard InChI is InChI=1S/C5H8N2O2/c1-7-2-3(8)4(6)5(7)9/h2,8-9H,6H2,1H3. The van der Waals surface area contributed by atoms with Crippen LogP contribution in [0.5, 0.6) is 11.6 Å². The van der Waals surface area contributed by atoms with Crippen molar-refractivity contribution in [1.82, 2.24) is 4.57 Å². The Balaban J connectivity index is 3.29. The molecular weight excluding hydrogens is 120 g/mol. The molecule has 9 heavy (non-hydrogen) atoms. The number of anilines is 1. The number of rotatable bonds is 0. The summed E-state index contributed by atoms with van der Waals surface area (Å²) < 4.78 is 1.34. The van der Waals surface area contributed by atoms with Gasteiger partial charge in [0.25, 0.3) is 0 Å². The average molecular weight is 128 g/mol. The molecule has 0 aliphatic heterocycles. The van der Waals surface area contributed by atoms with Gasteiger partial charge in [0.05, 0.1) is 6.20 Å². The van der Waals surface area contributed by atoms with Gasteiger partial charge in [0.2, 0.25) is 5.88 Å². The number of hydrogen-bond acceptors (Lipinski definition) is 3. The van der Waals surface area contributed by atoms with Gasteiger partial charge in [-0.25, -0.2) is 0 Å². The highest BCUT2D eigenvalue weighted by Crippen LogP contribution is 2.30. The van der Waals surface area contributed by atoms with Crippen molar-refractivity contribution in [3.63, 3.8) is 0 Å². The zero-order valence-electron chi connectivity index (χ0n) is 5.00. The third-order valence-corrected chi connectivity index (χ3v) is 1.17. The van der Waals surface area contributed by atoms with Crippen LogP contribution in [-0.2, 0) is 7.05 Å². The van der Waals surface area contributed by atoms with Crippen LogP contribution >= 0.6 is 0 Å². The molecule has 0 spiro atoms. The highest BCUT2D eigenvalue weighted by molar-refractivity contribution is 5.59. The molecule has 1 heterocycles. The summed E-state index contributed by atoms with van der Waals surface area (Å²) in [6.45, 7) is 0. The maximum Gasteiger partial charge on any atom is 0.218 e. The second kappa shape index (κ2) is 1.58. The van der Waals surface area contributed by atoms with Gasteiger partial charge >= 0.3 is 0 Å². The summed E-state index contributed by atoms with van der Waals surface area (Å²) in [6, 6.07) is 0. The predicted molar refractivity (Wildman–Crippen MR) is 33.2 cm³/mol. The highest BCUT2D eigenvalue weighted by Gasteiger charge is 2.06. The van der Waals surface area contributed by atoms with Crippen molar-refractivity contribution < 1.29 is 10.2 Å². The van der Waals surface area contributed by atoms with Gasteiger partial charge in [-0.1, -0.05) is 0 Å². The summed E-state index contributed by atoms with van der Waals surface area (Å²) in [5.41, 5.74) is 5.21. The summed E-state index contributed by atoms with van der Waals surface area (Å²) in [5, 5.41) is 17.7. The lowest BCUT2D eigenvalue weighted by Crippen LogP contribution is -1.85. The molecule has 0 fully saturated rings. The zero-order valence-corrected chi connectivity index (χ0v) is 5.00. The zero-order chi connectivity index (χ0) is 7.02. The van der Waals surface area contributed by atoms with E-state index in [1.807, 2.05) is 0 Å². The second-order valence-corrected chi connectivity index (χ2v) is 1.86. The fraction of sp³-hybridized carbons (Fsp3) is 0.200. The van der Waals surface area contributed by atoms with Crippen LogP contribution < -0.4 is 5.73 Å². The minimum atomic E-state index is -0.104. The molecule has 1 aromatic heterocycles. The SMILES string of the molecule is Cn1cc(O)c(N)c1O. The van der Waals surface area contributed by atoms with Crippen molar-refractivity contribution in [2.24, 2.45) is 7.05 Å². The van der Waals surface area contributed by atoms with Crippen LogP contribution in [0.4, 0.5) is 5.69 Å². The van der Waals surface area contributed by atoms with Crippen LogP contribution in [0.25, 0.3) is 0 Å². The molecule has 0 bridgehead atoms. The Morgan fingerprint density at radius 1 is 1.56 bits per heavy atom. The number of nitrogens with two attached hydrogens (primary N) is 1. The van der Waals surface area contributed by atoms with Gasteiger partial charge in [0.1, 0.15) is 5.69 Å². The summed E-state index contributed by atoms with van der Waals surface area (Å²) >= 11 is 0. The van der Waals surface area contributed by atoms with E-state index in [1.165, 1.54) is 10.8 Å². The molecule has 4 nitrogen and oxygen atoms in total. The van der Waals surface area contributed by atoms with Crippen molar-refractivity contribution in [1.29, 1.82) is 0 Å². The first kappa shape index (κ1) is 5.81. The molecular formula is C5H8N2O2. The number of nitrogens with zero attached hydrogens (tertiary/aromatic N) is 1. The minimum Gasteiger partial charge on any atom is -0.504 e. The summed E-state index contributed by atoms with van der Waals surface area (Å²) in [5.74, 6) is -0.192.